The molecule has 0 saturated carbocycles. The maximum atomic E-state index is 12.6. The number of carbonyl (C=O) groups excluding carboxylic acids is 3. The molecule has 0 aromatic rings. The Labute approximate surface area is 165 Å². The van der Waals surface area contributed by atoms with Crippen molar-refractivity contribution < 1.29 is 24.6 Å². The van der Waals surface area contributed by atoms with Gasteiger partial charge in [0.15, 0.2) is 0 Å². The molecule has 2 rings (SSSR count). The number of rotatable bonds is 7. The second-order valence-corrected chi connectivity index (χ2v) is 8.07. The highest BCUT2D eigenvalue weighted by Gasteiger charge is 2.35. The zero-order valence-corrected chi connectivity index (χ0v) is 16.5. The molecular weight excluding hydrogens is 364 g/mol. The van der Waals surface area contributed by atoms with Crippen molar-refractivity contribution in [1.82, 2.24) is 16.0 Å². The molecule has 1 aliphatic heterocycles. The third kappa shape index (κ3) is 6.02. The van der Waals surface area contributed by atoms with Crippen LogP contribution in [0.5, 0.6) is 0 Å². The van der Waals surface area contributed by atoms with Gasteiger partial charge in [-0.1, -0.05) is 19.9 Å². The van der Waals surface area contributed by atoms with E-state index in [1.807, 2.05) is 13.8 Å². The molecule has 7 N–H and O–H groups in total. The fourth-order valence-corrected chi connectivity index (χ4v) is 3.60. The second kappa shape index (κ2) is 9.99. The monoisotopic (exact) mass is 396 g/mol. The van der Waals surface area contributed by atoms with Crippen LogP contribution in [-0.2, 0) is 14.4 Å². The summed E-state index contributed by atoms with van der Waals surface area (Å²) in [4.78, 5) is 36.6. The maximum Gasteiger partial charge on any atom is 0.247 e. The van der Waals surface area contributed by atoms with Crippen molar-refractivity contribution in [2.75, 3.05) is 13.1 Å². The van der Waals surface area contributed by atoms with E-state index in [4.69, 9.17) is 5.73 Å². The summed E-state index contributed by atoms with van der Waals surface area (Å²) in [6, 6.07) is -1.69. The van der Waals surface area contributed by atoms with Gasteiger partial charge in [0, 0.05) is 17.9 Å². The van der Waals surface area contributed by atoms with Gasteiger partial charge in [-0.3, -0.25) is 14.4 Å². The van der Waals surface area contributed by atoms with Crippen molar-refractivity contribution in [1.29, 1.82) is 0 Å². The van der Waals surface area contributed by atoms with Gasteiger partial charge in [-0.2, -0.15) is 0 Å². The Morgan fingerprint density at radius 1 is 1.25 bits per heavy atom. The van der Waals surface area contributed by atoms with E-state index < -0.39 is 36.1 Å². The molecular formula is C19H32N4O5. The number of primary amides is 1. The van der Waals surface area contributed by atoms with E-state index in [9.17, 15) is 24.6 Å². The average Bonchev–Trinajstić information content (AvgIpc) is 2.64. The summed E-state index contributed by atoms with van der Waals surface area (Å²) in [5.41, 5.74) is 5.57. The van der Waals surface area contributed by atoms with Crippen molar-refractivity contribution in [3.8, 4) is 0 Å². The second-order valence-electron chi connectivity index (χ2n) is 8.07. The zero-order chi connectivity index (χ0) is 20.8. The molecule has 0 spiro atoms. The summed E-state index contributed by atoms with van der Waals surface area (Å²) in [7, 11) is 0. The van der Waals surface area contributed by atoms with Gasteiger partial charge < -0.3 is 31.9 Å². The highest BCUT2D eigenvalue weighted by Crippen LogP contribution is 2.21. The van der Waals surface area contributed by atoms with Crippen LogP contribution in [0, 0.1) is 11.8 Å². The first-order chi connectivity index (χ1) is 13.2. The van der Waals surface area contributed by atoms with E-state index in [2.05, 4.69) is 16.0 Å². The Bertz CT molecular complexity index is 615. The van der Waals surface area contributed by atoms with Gasteiger partial charge in [-0.05, 0) is 38.3 Å². The van der Waals surface area contributed by atoms with Crippen molar-refractivity contribution in [3.63, 3.8) is 0 Å². The summed E-state index contributed by atoms with van der Waals surface area (Å²) in [6.45, 7) is 5.33. The fraction of sp³-hybridized carbons (Fsp3) is 0.737. The van der Waals surface area contributed by atoms with Crippen LogP contribution in [-0.4, -0.2) is 65.3 Å². The van der Waals surface area contributed by atoms with Crippen molar-refractivity contribution in [2.45, 2.75) is 63.8 Å². The lowest BCUT2D eigenvalue weighted by molar-refractivity contribution is -0.128. The lowest BCUT2D eigenvalue weighted by Crippen LogP contribution is -2.53. The first kappa shape index (κ1) is 22.3. The van der Waals surface area contributed by atoms with Gasteiger partial charge >= 0.3 is 0 Å². The Morgan fingerprint density at radius 3 is 2.46 bits per heavy atom. The molecule has 0 radical (unpaired) electrons. The van der Waals surface area contributed by atoms with Crippen molar-refractivity contribution in [3.05, 3.63) is 11.6 Å². The van der Waals surface area contributed by atoms with Crippen LogP contribution in [0.2, 0.25) is 0 Å². The normalized spacial score (nSPS) is 27.0. The first-order valence-electron chi connectivity index (χ1n) is 9.87. The van der Waals surface area contributed by atoms with Crippen molar-refractivity contribution in [2.24, 2.45) is 17.6 Å². The molecule has 28 heavy (non-hydrogen) atoms. The van der Waals surface area contributed by atoms with E-state index >= 15 is 0 Å². The number of aliphatic hydroxyl groups is 2. The Hall–Kier alpha value is -1.97. The number of nitrogens with two attached hydrogens (primary N) is 1. The topological polar surface area (TPSA) is 154 Å². The van der Waals surface area contributed by atoms with Crippen LogP contribution >= 0.6 is 0 Å². The van der Waals surface area contributed by atoms with Crippen LogP contribution in [0.4, 0.5) is 0 Å². The molecule has 9 heteroatoms. The summed E-state index contributed by atoms with van der Waals surface area (Å²) < 4.78 is 0. The van der Waals surface area contributed by atoms with Crippen molar-refractivity contribution >= 4 is 17.7 Å². The van der Waals surface area contributed by atoms with Crippen LogP contribution in [0.25, 0.3) is 0 Å². The third-order valence-electron chi connectivity index (χ3n) is 5.24. The minimum Gasteiger partial charge on any atom is -0.390 e. The molecule has 0 unspecified atom stereocenters. The van der Waals surface area contributed by atoms with Gasteiger partial charge in [0.25, 0.3) is 0 Å². The lowest BCUT2D eigenvalue weighted by Gasteiger charge is -2.33. The fourth-order valence-electron chi connectivity index (χ4n) is 3.60. The van der Waals surface area contributed by atoms with E-state index in [-0.39, 0.29) is 29.7 Å². The molecule has 158 valence electrons. The van der Waals surface area contributed by atoms with Gasteiger partial charge in [-0.15, -0.1) is 0 Å². The SMILES string of the molecule is CC(C)C[C@@H](NC(=O)C1=C[C@@H](NC(=O)C2CCNCC2)[C@@H](O)[C@H](O)C1)C(N)=O. The zero-order valence-electron chi connectivity index (χ0n) is 16.5. The Kier molecular flexibility index (Phi) is 7.97. The van der Waals surface area contributed by atoms with Gasteiger partial charge in [0.2, 0.25) is 17.7 Å². The average molecular weight is 396 g/mol. The Morgan fingerprint density at radius 2 is 1.89 bits per heavy atom. The molecule has 1 saturated heterocycles. The molecule has 1 heterocycles. The Balaban J connectivity index is 2.07. The predicted octanol–water partition coefficient (Wildman–Crippen LogP) is -1.46. The standard InChI is InChI=1S/C19H32N4O5/c1-10(2)7-14(17(20)26)23-19(28)12-8-13(16(25)15(24)9-12)22-18(27)11-3-5-21-6-4-11/h8,10-11,13-16,21,24-25H,3-7,9H2,1-2H3,(H2,20,26)(H,22,27)(H,23,28)/t13-,14-,15-,16-/m1/s1. The lowest BCUT2D eigenvalue weighted by atomic mass is 9.88. The summed E-state index contributed by atoms with van der Waals surface area (Å²) in [5, 5.41) is 28.9. The van der Waals surface area contributed by atoms with Crippen LogP contribution in [0.1, 0.15) is 39.5 Å². The molecule has 2 aliphatic rings. The molecule has 0 aromatic carbocycles. The number of nitrogens with one attached hydrogen (secondary N) is 3. The summed E-state index contributed by atoms with van der Waals surface area (Å²) in [5.74, 6) is -1.37. The molecule has 0 aromatic heterocycles. The number of hydrogen-bond acceptors (Lipinski definition) is 6. The number of hydrogen-bond donors (Lipinski definition) is 6. The van der Waals surface area contributed by atoms with Crippen LogP contribution in [0.15, 0.2) is 11.6 Å². The van der Waals surface area contributed by atoms with Gasteiger partial charge in [-0.25, -0.2) is 0 Å². The highest BCUT2D eigenvalue weighted by molar-refractivity contribution is 5.97. The smallest absolute Gasteiger partial charge is 0.247 e. The number of amides is 3. The first-order valence-corrected chi connectivity index (χ1v) is 9.87. The van der Waals surface area contributed by atoms with E-state index in [0.717, 1.165) is 13.1 Å². The highest BCUT2D eigenvalue weighted by atomic mass is 16.3. The number of piperidine rings is 1. The van der Waals surface area contributed by atoms with Crippen LogP contribution in [0.3, 0.4) is 0 Å². The summed E-state index contributed by atoms with van der Waals surface area (Å²) >= 11 is 0. The third-order valence-corrected chi connectivity index (χ3v) is 5.24. The number of aliphatic hydroxyl groups excluding tert-OH is 2. The number of carbonyl (C=O) groups is 3. The summed E-state index contributed by atoms with van der Waals surface area (Å²) in [6.07, 6.45) is 0.785. The van der Waals surface area contributed by atoms with Crippen LogP contribution < -0.4 is 21.7 Å². The minimum absolute atomic E-state index is 0.0696. The maximum absolute atomic E-state index is 12.6. The quantitative estimate of drug-likeness (QED) is 0.309. The molecule has 1 fully saturated rings. The van der Waals surface area contributed by atoms with E-state index in [1.165, 1.54) is 6.08 Å². The molecule has 0 bridgehead atoms. The minimum atomic E-state index is -1.20. The van der Waals surface area contributed by atoms with Gasteiger partial charge in [0.05, 0.1) is 12.1 Å². The molecule has 3 amide bonds. The molecule has 1 aliphatic carbocycles. The largest absolute Gasteiger partial charge is 0.390 e. The van der Waals surface area contributed by atoms with E-state index in [1.54, 1.807) is 0 Å². The predicted molar refractivity (Wildman–Crippen MR) is 103 cm³/mol. The molecule has 4 atom stereocenters. The van der Waals surface area contributed by atoms with Gasteiger partial charge in [0.1, 0.15) is 12.1 Å². The van der Waals surface area contributed by atoms with E-state index in [0.29, 0.717) is 19.3 Å². The molecule has 9 nitrogen and oxygen atoms in total.